The number of fused-ring (bicyclic) bond motifs is 6. The van der Waals surface area contributed by atoms with Crippen molar-refractivity contribution in [1.29, 1.82) is 0 Å². The smallest absolute Gasteiger partial charge is 0.355 e. The molecule has 38 heavy (non-hydrogen) atoms. The van der Waals surface area contributed by atoms with Crippen LogP contribution in [-0.4, -0.2) is 17.1 Å². The predicted molar refractivity (Wildman–Crippen MR) is 153 cm³/mol. The molecule has 2 heterocycles. The van der Waals surface area contributed by atoms with Gasteiger partial charge in [0.25, 0.3) is 0 Å². The first-order valence-electron chi connectivity index (χ1n) is 15.7. The summed E-state index contributed by atoms with van der Waals surface area (Å²) in [5.74, 6) is 4.85. The van der Waals surface area contributed by atoms with E-state index in [4.69, 9.17) is 9.15 Å². The molecule has 0 aliphatic heterocycles. The largest absolute Gasteiger partial charge is 0.463 e. The summed E-state index contributed by atoms with van der Waals surface area (Å²) in [6.45, 7) is 12.5. The normalized spacial score (nSPS) is 37.4. The van der Waals surface area contributed by atoms with Crippen LogP contribution in [0.25, 0.3) is 11.1 Å². The molecule has 208 valence electrons. The molecule has 3 unspecified atom stereocenters. The van der Waals surface area contributed by atoms with E-state index in [0.717, 1.165) is 60.3 Å². The fourth-order valence-corrected chi connectivity index (χ4v) is 9.93. The number of allylic oxidation sites excluding steroid dienone is 1. The molecule has 0 saturated heterocycles. The van der Waals surface area contributed by atoms with E-state index >= 15 is 0 Å². The van der Waals surface area contributed by atoms with Crippen LogP contribution >= 0.6 is 0 Å². The maximum atomic E-state index is 12.9. The summed E-state index contributed by atoms with van der Waals surface area (Å²) in [6.07, 6.45) is 18.3. The number of H-pyrrole nitrogens is 1. The number of ether oxygens (including phenoxy) is 1. The first-order valence-corrected chi connectivity index (χ1v) is 15.7. The number of hydrogen-bond donors (Lipinski definition) is 1. The summed E-state index contributed by atoms with van der Waals surface area (Å²) < 4.78 is 11.4. The molecule has 4 aliphatic carbocycles. The zero-order valence-corrected chi connectivity index (χ0v) is 24.4. The maximum Gasteiger partial charge on any atom is 0.355 e. The van der Waals surface area contributed by atoms with Crippen molar-refractivity contribution in [3.05, 3.63) is 35.7 Å². The number of furan rings is 1. The molecule has 2 aromatic rings. The van der Waals surface area contributed by atoms with E-state index in [-0.39, 0.29) is 17.5 Å². The van der Waals surface area contributed by atoms with Gasteiger partial charge in [-0.05, 0) is 91.3 Å². The summed E-state index contributed by atoms with van der Waals surface area (Å²) in [6, 6.07) is 3.60. The third-order valence-electron chi connectivity index (χ3n) is 12.0. The van der Waals surface area contributed by atoms with Crippen LogP contribution in [0.2, 0.25) is 0 Å². The minimum atomic E-state index is -0.257. The van der Waals surface area contributed by atoms with Crippen molar-refractivity contribution in [3.63, 3.8) is 0 Å². The lowest BCUT2D eigenvalue weighted by molar-refractivity contribution is -0.0595. The number of rotatable bonds is 7. The van der Waals surface area contributed by atoms with E-state index in [1.807, 2.05) is 6.07 Å². The van der Waals surface area contributed by atoms with Gasteiger partial charge in [-0.2, -0.15) is 0 Å². The number of aromatic nitrogens is 1. The topological polar surface area (TPSA) is 55.2 Å². The molecule has 0 bridgehead atoms. The van der Waals surface area contributed by atoms with Gasteiger partial charge in [0.2, 0.25) is 0 Å². The third-order valence-corrected chi connectivity index (χ3v) is 12.0. The lowest BCUT2D eigenvalue weighted by atomic mass is 9.47. The van der Waals surface area contributed by atoms with Crippen molar-refractivity contribution >= 4 is 17.1 Å². The molecule has 2 aromatic heterocycles. The average molecular weight is 520 g/mol. The fraction of sp³-hybridized carbons (Fsp3) is 0.735. The van der Waals surface area contributed by atoms with Gasteiger partial charge < -0.3 is 14.1 Å². The van der Waals surface area contributed by atoms with Crippen LogP contribution in [0.15, 0.2) is 34.5 Å². The second kappa shape index (κ2) is 9.89. The Morgan fingerprint density at radius 1 is 1.11 bits per heavy atom. The number of aromatic amines is 1. The molecule has 0 radical (unpaired) electrons. The number of nitrogens with one attached hydrogen (secondary N) is 1. The standard InChI is InChI=1S/C34H49NO3/c1-21(2)7-6-8-22(3)26-11-12-27-25-10-9-23-19-24(13-16-33(23,4)28(25)14-17-34(26,27)5)38-32(36)30-20-31-29(35-30)15-18-37-31/h9,15,18,20-22,24-28,35H,6-8,10-14,16-17,19H2,1-5H3/t22-,24+,25+,26?,27?,28?,33+,34-/m1/s1. The average Bonchev–Trinajstić information content (AvgIpc) is 3.57. The zero-order chi connectivity index (χ0) is 26.7. The van der Waals surface area contributed by atoms with Gasteiger partial charge in [-0.15, -0.1) is 0 Å². The Morgan fingerprint density at radius 3 is 2.74 bits per heavy atom. The summed E-state index contributed by atoms with van der Waals surface area (Å²) in [4.78, 5) is 16.0. The Morgan fingerprint density at radius 2 is 1.95 bits per heavy atom. The van der Waals surface area contributed by atoms with E-state index < -0.39 is 0 Å². The van der Waals surface area contributed by atoms with Gasteiger partial charge in [-0.25, -0.2) is 4.79 Å². The lowest BCUT2D eigenvalue weighted by Crippen LogP contribution is -2.51. The van der Waals surface area contributed by atoms with Gasteiger partial charge in [-0.3, -0.25) is 0 Å². The predicted octanol–water partition coefficient (Wildman–Crippen LogP) is 9.33. The van der Waals surface area contributed by atoms with Crippen molar-refractivity contribution in [2.75, 3.05) is 0 Å². The maximum absolute atomic E-state index is 12.9. The van der Waals surface area contributed by atoms with Crippen LogP contribution < -0.4 is 0 Å². The summed E-state index contributed by atoms with van der Waals surface area (Å²) in [5, 5.41) is 0. The molecule has 1 N–H and O–H groups in total. The van der Waals surface area contributed by atoms with Crippen molar-refractivity contribution in [1.82, 2.24) is 4.98 Å². The molecular formula is C34H49NO3. The van der Waals surface area contributed by atoms with E-state index in [9.17, 15) is 4.79 Å². The van der Waals surface area contributed by atoms with Gasteiger partial charge in [0.05, 0.1) is 11.8 Å². The van der Waals surface area contributed by atoms with Gasteiger partial charge in [0.15, 0.2) is 5.58 Å². The quantitative estimate of drug-likeness (QED) is 0.293. The van der Waals surface area contributed by atoms with E-state index in [1.54, 1.807) is 17.9 Å². The molecule has 0 amide bonds. The van der Waals surface area contributed by atoms with E-state index in [1.165, 1.54) is 51.4 Å². The second-order valence-corrected chi connectivity index (χ2v) is 14.4. The van der Waals surface area contributed by atoms with Crippen LogP contribution in [0, 0.1) is 46.3 Å². The van der Waals surface area contributed by atoms with Crippen molar-refractivity contribution in [2.45, 2.75) is 111 Å². The van der Waals surface area contributed by atoms with Gasteiger partial charge in [-0.1, -0.05) is 65.5 Å². The Balaban J connectivity index is 1.12. The minimum Gasteiger partial charge on any atom is -0.463 e. The van der Waals surface area contributed by atoms with Crippen LogP contribution in [0.5, 0.6) is 0 Å². The molecule has 6 rings (SSSR count). The molecule has 4 heteroatoms. The van der Waals surface area contributed by atoms with E-state index in [0.29, 0.717) is 16.7 Å². The van der Waals surface area contributed by atoms with Crippen molar-refractivity contribution in [2.24, 2.45) is 46.3 Å². The SMILES string of the molecule is CC(C)CCC[C@@H](C)C1CCC2[C@@H]3CC=C4C[C@@H](OC(=O)c5cc6occc6[nH]5)CC[C@]4(C)C3CC[C@@]21C. The molecule has 4 nitrogen and oxygen atoms in total. The second-order valence-electron chi connectivity index (χ2n) is 14.4. The molecule has 0 spiro atoms. The van der Waals surface area contributed by atoms with Crippen LogP contribution in [0.4, 0.5) is 0 Å². The molecule has 3 fully saturated rings. The highest BCUT2D eigenvalue weighted by Gasteiger charge is 2.59. The Labute approximate surface area is 229 Å². The fourth-order valence-electron chi connectivity index (χ4n) is 9.93. The van der Waals surface area contributed by atoms with Gasteiger partial charge >= 0.3 is 5.97 Å². The first-order chi connectivity index (χ1) is 18.2. The number of carbonyl (C=O) groups is 1. The van der Waals surface area contributed by atoms with Crippen molar-refractivity contribution < 1.29 is 13.9 Å². The highest BCUT2D eigenvalue weighted by molar-refractivity contribution is 5.93. The Hall–Kier alpha value is -1.97. The Kier molecular flexibility index (Phi) is 6.84. The van der Waals surface area contributed by atoms with Gasteiger partial charge in [0, 0.05) is 18.6 Å². The summed E-state index contributed by atoms with van der Waals surface area (Å²) in [5.41, 5.74) is 4.42. The summed E-state index contributed by atoms with van der Waals surface area (Å²) in [7, 11) is 0. The Bertz CT molecular complexity index is 1160. The van der Waals surface area contributed by atoms with Crippen molar-refractivity contribution in [3.8, 4) is 0 Å². The minimum absolute atomic E-state index is 0.0237. The van der Waals surface area contributed by atoms with E-state index in [2.05, 4.69) is 45.7 Å². The van der Waals surface area contributed by atoms with Crippen LogP contribution in [0.1, 0.15) is 116 Å². The first kappa shape index (κ1) is 26.3. The molecular weight excluding hydrogens is 470 g/mol. The molecule has 0 aromatic carbocycles. The number of hydrogen-bond acceptors (Lipinski definition) is 3. The lowest BCUT2D eigenvalue weighted by Gasteiger charge is -2.58. The number of carbonyl (C=O) groups excluding carboxylic acids is 1. The summed E-state index contributed by atoms with van der Waals surface area (Å²) >= 11 is 0. The van der Waals surface area contributed by atoms with Gasteiger partial charge in [0.1, 0.15) is 11.8 Å². The number of esters is 1. The zero-order valence-electron chi connectivity index (χ0n) is 24.4. The highest BCUT2D eigenvalue weighted by Crippen LogP contribution is 2.67. The highest BCUT2D eigenvalue weighted by atomic mass is 16.5. The molecule has 8 atom stereocenters. The van der Waals surface area contributed by atoms with Crippen LogP contribution in [-0.2, 0) is 4.74 Å². The molecule has 4 aliphatic rings. The monoisotopic (exact) mass is 519 g/mol. The molecule has 3 saturated carbocycles. The van der Waals surface area contributed by atoms with Crippen LogP contribution in [0.3, 0.4) is 0 Å². The third kappa shape index (κ3) is 4.38.